The summed E-state index contributed by atoms with van der Waals surface area (Å²) in [6.45, 7) is 0. The van der Waals surface area contributed by atoms with Gasteiger partial charge in [0.05, 0.1) is 0 Å². The standard InChI is InChI=1S/C20H16O/c1-3-9-15(10-4-1)19-17-13-7-8-14-18(17)20(21-19)16-11-5-2-6-12-16/h1-12H,13-14H2. The average molecular weight is 272 g/mol. The number of rotatable bonds is 2. The molecule has 1 heteroatoms. The Bertz CT molecular complexity index is 713. The van der Waals surface area contributed by atoms with E-state index in [1.807, 2.05) is 12.1 Å². The van der Waals surface area contributed by atoms with Crippen molar-refractivity contribution in [3.05, 3.63) is 83.9 Å². The molecule has 1 nitrogen and oxygen atoms in total. The van der Waals surface area contributed by atoms with E-state index in [9.17, 15) is 0 Å². The summed E-state index contributed by atoms with van der Waals surface area (Å²) < 4.78 is 6.30. The lowest BCUT2D eigenvalue weighted by Crippen LogP contribution is -1.95. The van der Waals surface area contributed by atoms with Crippen LogP contribution in [0, 0.1) is 0 Å². The molecule has 0 amide bonds. The fraction of sp³-hybridized carbons (Fsp3) is 0.100. The molecule has 0 radical (unpaired) electrons. The third kappa shape index (κ3) is 2.11. The monoisotopic (exact) mass is 272 g/mol. The molecule has 3 aromatic rings. The zero-order valence-corrected chi connectivity index (χ0v) is 11.8. The Labute approximate surface area is 124 Å². The summed E-state index contributed by atoms with van der Waals surface area (Å²) in [6, 6.07) is 20.8. The lowest BCUT2D eigenvalue weighted by atomic mass is 9.93. The maximum Gasteiger partial charge on any atom is 0.138 e. The molecule has 2 aromatic carbocycles. The highest BCUT2D eigenvalue weighted by atomic mass is 16.3. The van der Waals surface area contributed by atoms with Gasteiger partial charge in [0.15, 0.2) is 0 Å². The van der Waals surface area contributed by atoms with Gasteiger partial charge < -0.3 is 4.42 Å². The molecule has 0 bridgehead atoms. The highest BCUT2D eigenvalue weighted by Gasteiger charge is 2.22. The van der Waals surface area contributed by atoms with Gasteiger partial charge in [-0.25, -0.2) is 0 Å². The van der Waals surface area contributed by atoms with Crippen LogP contribution in [0.2, 0.25) is 0 Å². The first-order valence-electron chi connectivity index (χ1n) is 7.34. The van der Waals surface area contributed by atoms with E-state index < -0.39 is 0 Å². The largest absolute Gasteiger partial charge is 0.455 e. The lowest BCUT2D eigenvalue weighted by Gasteiger charge is -2.07. The first-order valence-corrected chi connectivity index (χ1v) is 7.34. The van der Waals surface area contributed by atoms with Crippen LogP contribution < -0.4 is 0 Å². The number of fused-ring (bicyclic) bond motifs is 1. The second kappa shape index (κ2) is 5.10. The minimum absolute atomic E-state index is 0.954. The van der Waals surface area contributed by atoms with Gasteiger partial charge in [0.2, 0.25) is 0 Å². The molecule has 0 aliphatic heterocycles. The highest BCUT2D eigenvalue weighted by Crippen LogP contribution is 2.39. The number of furan rings is 1. The van der Waals surface area contributed by atoms with E-state index in [1.54, 1.807) is 0 Å². The van der Waals surface area contributed by atoms with Crippen molar-refractivity contribution in [1.82, 2.24) is 0 Å². The van der Waals surface area contributed by atoms with E-state index in [1.165, 1.54) is 11.1 Å². The fourth-order valence-corrected chi connectivity index (χ4v) is 2.98. The van der Waals surface area contributed by atoms with E-state index in [2.05, 4.69) is 60.7 Å². The Morgan fingerprint density at radius 3 is 1.43 bits per heavy atom. The summed E-state index contributed by atoms with van der Waals surface area (Å²) >= 11 is 0. The molecule has 0 unspecified atom stereocenters. The van der Waals surface area contributed by atoms with Crippen LogP contribution in [0.25, 0.3) is 22.6 Å². The van der Waals surface area contributed by atoms with Gasteiger partial charge in [0.1, 0.15) is 11.5 Å². The Morgan fingerprint density at radius 1 is 0.571 bits per heavy atom. The van der Waals surface area contributed by atoms with Crippen LogP contribution in [-0.2, 0) is 12.8 Å². The Kier molecular flexibility index (Phi) is 2.97. The van der Waals surface area contributed by atoms with Crippen molar-refractivity contribution >= 4 is 0 Å². The molecular weight excluding hydrogens is 256 g/mol. The predicted octanol–water partition coefficient (Wildman–Crippen LogP) is 5.27. The molecule has 0 atom stereocenters. The van der Waals surface area contributed by atoms with E-state index in [0.717, 1.165) is 35.5 Å². The number of hydrogen-bond donors (Lipinski definition) is 0. The van der Waals surface area contributed by atoms with Gasteiger partial charge in [-0.15, -0.1) is 0 Å². The van der Waals surface area contributed by atoms with E-state index >= 15 is 0 Å². The van der Waals surface area contributed by atoms with Crippen LogP contribution in [0.3, 0.4) is 0 Å². The Hall–Kier alpha value is -2.54. The van der Waals surface area contributed by atoms with E-state index in [4.69, 9.17) is 4.42 Å². The van der Waals surface area contributed by atoms with Crippen LogP contribution in [0.15, 0.2) is 77.2 Å². The quantitative estimate of drug-likeness (QED) is 0.579. The molecule has 0 saturated carbocycles. The molecule has 0 fully saturated rings. The first kappa shape index (κ1) is 12.2. The number of allylic oxidation sites excluding steroid dienone is 2. The summed E-state index contributed by atoms with van der Waals surface area (Å²) in [6.07, 6.45) is 6.38. The van der Waals surface area contributed by atoms with Crippen LogP contribution in [0.1, 0.15) is 11.1 Å². The third-order valence-corrected chi connectivity index (χ3v) is 4.00. The third-order valence-electron chi connectivity index (χ3n) is 4.00. The number of benzene rings is 2. The molecule has 1 aliphatic carbocycles. The van der Waals surface area contributed by atoms with Gasteiger partial charge in [0, 0.05) is 22.3 Å². The highest BCUT2D eigenvalue weighted by molar-refractivity contribution is 5.73. The summed E-state index contributed by atoms with van der Waals surface area (Å²) in [4.78, 5) is 0. The molecule has 21 heavy (non-hydrogen) atoms. The van der Waals surface area contributed by atoms with Crippen molar-refractivity contribution in [2.24, 2.45) is 0 Å². The molecule has 1 aromatic heterocycles. The molecule has 1 aliphatic rings. The molecular formula is C20H16O. The average Bonchev–Trinajstić information content (AvgIpc) is 2.96. The van der Waals surface area contributed by atoms with Gasteiger partial charge in [-0.1, -0.05) is 72.8 Å². The van der Waals surface area contributed by atoms with Crippen LogP contribution in [0.4, 0.5) is 0 Å². The first-order chi connectivity index (χ1) is 10.4. The second-order valence-corrected chi connectivity index (χ2v) is 5.33. The Morgan fingerprint density at radius 2 is 1.00 bits per heavy atom. The van der Waals surface area contributed by atoms with Crippen molar-refractivity contribution in [1.29, 1.82) is 0 Å². The van der Waals surface area contributed by atoms with Crippen molar-refractivity contribution in [3.8, 4) is 22.6 Å². The SMILES string of the molecule is C1=CCc2c(-c3ccccc3)oc(-c3ccccc3)c2C1. The molecule has 102 valence electrons. The van der Waals surface area contributed by atoms with Gasteiger partial charge in [-0.2, -0.15) is 0 Å². The zero-order valence-electron chi connectivity index (χ0n) is 11.8. The Balaban J connectivity index is 1.93. The minimum Gasteiger partial charge on any atom is -0.455 e. The van der Waals surface area contributed by atoms with Crippen molar-refractivity contribution in [2.75, 3.05) is 0 Å². The molecule has 0 spiro atoms. The van der Waals surface area contributed by atoms with Crippen LogP contribution in [-0.4, -0.2) is 0 Å². The normalized spacial score (nSPS) is 13.1. The van der Waals surface area contributed by atoms with Gasteiger partial charge >= 0.3 is 0 Å². The minimum atomic E-state index is 0.954. The van der Waals surface area contributed by atoms with Crippen LogP contribution in [0.5, 0.6) is 0 Å². The van der Waals surface area contributed by atoms with Gasteiger partial charge in [-0.05, 0) is 12.8 Å². The maximum absolute atomic E-state index is 6.30. The fourth-order valence-electron chi connectivity index (χ4n) is 2.98. The molecule has 4 rings (SSSR count). The van der Waals surface area contributed by atoms with Gasteiger partial charge in [-0.3, -0.25) is 0 Å². The summed E-state index contributed by atoms with van der Waals surface area (Å²) in [5.74, 6) is 2.04. The van der Waals surface area contributed by atoms with E-state index in [-0.39, 0.29) is 0 Å². The van der Waals surface area contributed by atoms with Crippen LogP contribution >= 0.6 is 0 Å². The van der Waals surface area contributed by atoms with Crippen molar-refractivity contribution in [2.45, 2.75) is 12.8 Å². The second-order valence-electron chi connectivity index (χ2n) is 5.33. The molecule has 0 saturated heterocycles. The number of hydrogen-bond acceptors (Lipinski definition) is 1. The van der Waals surface area contributed by atoms with E-state index in [0.29, 0.717) is 0 Å². The topological polar surface area (TPSA) is 13.1 Å². The van der Waals surface area contributed by atoms with Gasteiger partial charge in [0.25, 0.3) is 0 Å². The molecule has 1 heterocycles. The summed E-state index contributed by atoms with van der Waals surface area (Å²) in [5, 5.41) is 0. The predicted molar refractivity (Wildman–Crippen MR) is 86.1 cm³/mol. The lowest BCUT2D eigenvalue weighted by molar-refractivity contribution is 0.593. The van der Waals surface area contributed by atoms with Crippen molar-refractivity contribution < 1.29 is 4.42 Å². The summed E-state index contributed by atoms with van der Waals surface area (Å²) in [7, 11) is 0. The zero-order chi connectivity index (χ0) is 14.1. The molecule has 0 N–H and O–H groups in total. The van der Waals surface area contributed by atoms with Crippen molar-refractivity contribution in [3.63, 3.8) is 0 Å². The smallest absolute Gasteiger partial charge is 0.138 e. The summed E-state index contributed by atoms with van der Waals surface area (Å²) in [5.41, 5.74) is 4.99. The maximum atomic E-state index is 6.30.